The molecule has 0 amide bonds. The molecule has 0 aromatic carbocycles. The summed E-state index contributed by atoms with van der Waals surface area (Å²) in [5.41, 5.74) is -1.55. The molecule has 74 valence electrons. The molecule has 0 spiro atoms. The molecule has 1 atom stereocenters. The van der Waals surface area contributed by atoms with E-state index in [9.17, 15) is 5.11 Å². The smallest absolute Gasteiger partial charge is 0.111 e. The van der Waals surface area contributed by atoms with E-state index >= 15 is 0 Å². The van der Waals surface area contributed by atoms with Crippen molar-refractivity contribution in [2.75, 3.05) is 13.2 Å². The Morgan fingerprint density at radius 1 is 1.54 bits per heavy atom. The summed E-state index contributed by atoms with van der Waals surface area (Å²) >= 11 is 0. The van der Waals surface area contributed by atoms with Crippen molar-refractivity contribution < 1.29 is 9.84 Å². The van der Waals surface area contributed by atoms with E-state index in [4.69, 9.17) is 10.00 Å². The van der Waals surface area contributed by atoms with Crippen molar-refractivity contribution in [2.24, 2.45) is 5.41 Å². The van der Waals surface area contributed by atoms with Gasteiger partial charge < -0.3 is 9.84 Å². The Bertz CT molecular complexity index is 209. The van der Waals surface area contributed by atoms with Crippen molar-refractivity contribution in [1.82, 2.24) is 0 Å². The zero-order valence-electron chi connectivity index (χ0n) is 8.34. The van der Waals surface area contributed by atoms with Crippen molar-refractivity contribution in [1.29, 1.82) is 5.26 Å². The summed E-state index contributed by atoms with van der Waals surface area (Å²) in [4.78, 5) is 0. The van der Waals surface area contributed by atoms with Crippen LogP contribution in [0.2, 0.25) is 0 Å². The van der Waals surface area contributed by atoms with Gasteiger partial charge in [-0.05, 0) is 19.3 Å². The molecule has 0 aromatic rings. The Morgan fingerprint density at radius 3 is 2.46 bits per heavy atom. The highest BCUT2D eigenvalue weighted by Crippen LogP contribution is 2.42. The second kappa shape index (κ2) is 3.65. The zero-order chi connectivity index (χ0) is 9.95. The van der Waals surface area contributed by atoms with Gasteiger partial charge in [0.2, 0.25) is 0 Å². The third-order valence-corrected chi connectivity index (χ3v) is 3.30. The van der Waals surface area contributed by atoms with E-state index in [0.29, 0.717) is 32.5 Å². The lowest BCUT2D eigenvalue weighted by atomic mass is 9.69. The third kappa shape index (κ3) is 1.45. The van der Waals surface area contributed by atoms with E-state index in [2.05, 4.69) is 6.07 Å². The molecule has 3 heteroatoms. The molecule has 0 saturated carbocycles. The average Bonchev–Trinajstić information content (AvgIpc) is 2.66. The lowest BCUT2D eigenvalue weighted by Crippen LogP contribution is -2.47. The Labute approximate surface area is 79.3 Å². The fourth-order valence-electron chi connectivity index (χ4n) is 2.05. The molecule has 1 saturated heterocycles. The first-order valence-electron chi connectivity index (χ1n) is 4.85. The molecule has 1 fully saturated rings. The molecule has 1 aliphatic rings. The zero-order valence-corrected chi connectivity index (χ0v) is 8.34. The highest BCUT2D eigenvalue weighted by Gasteiger charge is 2.51. The number of ether oxygens (including phenoxy) is 1. The third-order valence-electron chi connectivity index (χ3n) is 3.30. The van der Waals surface area contributed by atoms with Gasteiger partial charge in [0.1, 0.15) is 5.41 Å². The van der Waals surface area contributed by atoms with Gasteiger partial charge in [-0.15, -0.1) is 0 Å². The second-order valence-corrected chi connectivity index (χ2v) is 3.74. The minimum atomic E-state index is -0.877. The monoisotopic (exact) mass is 183 g/mol. The fraction of sp³-hybridized carbons (Fsp3) is 0.900. The molecule has 1 unspecified atom stereocenters. The number of hydrogen-bond acceptors (Lipinski definition) is 3. The Balaban J connectivity index is 2.93. The number of nitriles is 1. The van der Waals surface area contributed by atoms with Crippen molar-refractivity contribution in [3.05, 3.63) is 0 Å². The maximum absolute atomic E-state index is 10.3. The fourth-order valence-corrected chi connectivity index (χ4v) is 2.05. The molecule has 1 aliphatic heterocycles. The van der Waals surface area contributed by atoms with Crippen LogP contribution >= 0.6 is 0 Å². The Morgan fingerprint density at radius 2 is 2.15 bits per heavy atom. The van der Waals surface area contributed by atoms with Gasteiger partial charge in [-0.1, -0.05) is 13.8 Å². The minimum absolute atomic E-state index is 0.377. The minimum Gasteiger partial charge on any atom is -0.388 e. The van der Waals surface area contributed by atoms with Gasteiger partial charge in [0.25, 0.3) is 0 Å². The first-order chi connectivity index (χ1) is 6.14. The summed E-state index contributed by atoms with van der Waals surface area (Å²) in [5.74, 6) is 0. The van der Waals surface area contributed by atoms with Gasteiger partial charge in [0, 0.05) is 6.61 Å². The quantitative estimate of drug-likeness (QED) is 0.720. The highest BCUT2D eigenvalue weighted by molar-refractivity contribution is 5.12. The number of rotatable bonds is 3. The summed E-state index contributed by atoms with van der Waals surface area (Å²) in [7, 11) is 0. The molecule has 1 rings (SSSR count). The molecule has 1 N–H and O–H groups in total. The van der Waals surface area contributed by atoms with E-state index < -0.39 is 11.0 Å². The molecular weight excluding hydrogens is 166 g/mol. The number of hydrogen-bond donors (Lipinski definition) is 1. The maximum Gasteiger partial charge on any atom is 0.111 e. The van der Waals surface area contributed by atoms with Gasteiger partial charge in [0.05, 0.1) is 18.3 Å². The molecule has 0 aliphatic carbocycles. The molecule has 13 heavy (non-hydrogen) atoms. The van der Waals surface area contributed by atoms with Crippen LogP contribution in [-0.2, 0) is 4.74 Å². The predicted octanol–water partition coefficient (Wildman–Crippen LogP) is 1.47. The van der Waals surface area contributed by atoms with Crippen LogP contribution in [0.25, 0.3) is 0 Å². The van der Waals surface area contributed by atoms with Gasteiger partial charge >= 0.3 is 0 Å². The van der Waals surface area contributed by atoms with Crippen LogP contribution in [0, 0.1) is 16.7 Å². The van der Waals surface area contributed by atoms with Crippen LogP contribution in [0.1, 0.15) is 33.1 Å². The van der Waals surface area contributed by atoms with Gasteiger partial charge in [-0.3, -0.25) is 0 Å². The highest BCUT2D eigenvalue weighted by atomic mass is 16.5. The van der Waals surface area contributed by atoms with Crippen LogP contribution in [0.15, 0.2) is 0 Å². The van der Waals surface area contributed by atoms with E-state index in [0.717, 1.165) is 0 Å². The molecule has 1 heterocycles. The van der Waals surface area contributed by atoms with Crippen molar-refractivity contribution in [3.63, 3.8) is 0 Å². The van der Waals surface area contributed by atoms with Crippen LogP contribution in [0.5, 0.6) is 0 Å². The summed E-state index contributed by atoms with van der Waals surface area (Å²) in [6.45, 7) is 4.80. The van der Waals surface area contributed by atoms with Crippen molar-refractivity contribution in [2.45, 2.75) is 38.7 Å². The summed E-state index contributed by atoms with van der Waals surface area (Å²) in [6.07, 6.45) is 1.88. The first kappa shape index (κ1) is 10.5. The largest absolute Gasteiger partial charge is 0.388 e. The van der Waals surface area contributed by atoms with E-state index in [1.54, 1.807) is 0 Å². The second-order valence-electron chi connectivity index (χ2n) is 3.74. The van der Waals surface area contributed by atoms with Gasteiger partial charge in [0.15, 0.2) is 0 Å². The van der Waals surface area contributed by atoms with Gasteiger partial charge in [-0.2, -0.15) is 5.26 Å². The normalized spacial score (nSPS) is 28.8. The number of nitrogens with zero attached hydrogens (tertiary/aromatic N) is 1. The SMILES string of the molecule is CCC(O)(CC)C1(C#N)CCOC1. The van der Waals surface area contributed by atoms with Crippen LogP contribution in [-0.4, -0.2) is 23.9 Å². The lowest BCUT2D eigenvalue weighted by Gasteiger charge is -2.37. The summed E-state index contributed by atoms with van der Waals surface area (Å²) in [6, 6.07) is 2.24. The maximum atomic E-state index is 10.3. The molecule has 3 nitrogen and oxygen atoms in total. The Kier molecular flexibility index (Phi) is 2.94. The van der Waals surface area contributed by atoms with E-state index in [-0.39, 0.29) is 0 Å². The van der Waals surface area contributed by atoms with Crippen LogP contribution in [0.4, 0.5) is 0 Å². The molecule has 0 radical (unpaired) electrons. The van der Waals surface area contributed by atoms with Crippen molar-refractivity contribution >= 4 is 0 Å². The standard InChI is InChI=1S/C10H17NO2/c1-3-10(12,4-2)9(7-11)5-6-13-8-9/h12H,3-6,8H2,1-2H3. The van der Waals surface area contributed by atoms with E-state index in [1.165, 1.54) is 0 Å². The Hall–Kier alpha value is -0.590. The molecule has 0 bridgehead atoms. The molecular formula is C10H17NO2. The van der Waals surface area contributed by atoms with E-state index in [1.807, 2.05) is 13.8 Å². The van der Waals surface area contributed by atoms with Gasteiger partial charge in [-0.25, -0.2) is 0 Å². The van der Waals surface area contributed by atoms with Crippen molar-refractivity contribution in [3.8, 4) is 6.07 Å². The van der Waals surface area contributed by atoms with Crippen LogP contribution in [0.3, 0.4) is 0 Å². The summed E-state index contributed by atoms with van der Waals surface area (Å²) in [5, 5.41) is 19.4. The number of aliphatic hydroxyl groups is 1. The van der Waals surface area contributed by atoms with Crippen LogP contribution < -0.4 is 0 Å². The summed E-state index contributed by atoms with van der Waals surface area (Å²) < 4.78 is 5.22. The molecule has 0 aromatic heterocycles. The lowest BCUT2D eigenvalue weighted by molar-refractivity contribution is -0.0639. The topological polar surface area (TPSA) is 53.2 Å². The predicted molar refractivity (Wildman–Crippen MR) is 49.0 cm³/mol. The first-order valence-corrected chi connectivity index (χ1v) is 4.85. The average molecular weight is 183 g/mol.